The van der Waals surface area contributed by atoms with E-state index in [1.807, 2.05) is 13.8 Å². The van der Waals surface area contributed by atoms with Crippen molar-refractivity contribution in [3.05, 3.63) is 33.1 Å². The van der Waals surface area contributed by atoms with Crippen LogP contribution < -0.4 is 16.3 Å². The average Bonchev–Trinajstić information content (AvgIpc) is 3.10. The molecule has 2 N–H and O–H groups in total. The Labute approximate surface area is 173 Å². The lowest BCUT2D eigenvalue weighted by Gasteiger charge is -2.32. The first-order valence-corrected chi connectivity index (χ1v) is 11.6. The van der Waals surface area contributed by atoms with E-state index in [1.165, 1.54) is 23.8 Å². The first-order valence-electron chi connectivity index (χ1n) is 10.1. The van der Waals surface area contributed by atoms with Crippen LogP contribution in [-0.4, -0.2) is 47.0 Å². The Morgan fingerprint density at radius 2 is 2.10 bits per heavy atom. The van der Waals surface area contributed by atoms with Crippen molar-refractivity contribution < 1.29 is 27.9 Å². The summed E-state index contributed by atoms with van der Waals surface area (Å²) < 4.78 is 36.2. The Hall–Kier alpha value is -1.78. The van der Waals surface area contributed by atoms with E-state index in [9.17, 15) is 18.9 Å². The predicted octanol–water partition coefficient (Wildman–Crippen LogP) is 1.31. The molecule has 2 aliphatic rings. The van der Waals surface area contributed by atoms with Crippen LogP contribution in [0.15, 0.2) is 21.9 Å². The van der Waals surface area contributed by atoms with Gasteiger partial charge in [0, 0.05) is 18.7 Å². The lowest BCUT2D eigenvalue weighted by Crippen LogP contribution is -2.41. The summed E-state index contributed by atoms with van der Waals surface area (Å²) >= 11 is 0. The molecule has 30 heavy (non-hydrogen) atoms. The average molecular weight is 445 g/mol. The third-order valence-corrected chi connectivity index (χ3v) is 7.09. The summed E-state index contributed by atoms with van der Waals surface area (Å²) in [4.78, 5) is 37.6. The normalized spacial score (nSPS) is 29.5. The van der Waals surface area contributed by atoms with Gasteiger partial charge >= 0.3 is 19.4 Å². The van der Waals surface area contributed by atoms with Crippen molar-refractivity contribution in [3.63, 3.8) is 0 Å². The molecule has 1 unspecified atom stereocenters. The number of aromatic amines is 1. The van der Waals surface area contributed by atoms with E-state index < -0.39 is 49.4 Å². The van der Waals surface area contributed by atoms with Crippen LogP contribution in [0, 0.1) is 5.92 Å². The van der Waals surface area contributed by atoms with Crippen molar-refractivity contribution in [1.29, 1.82) is 0 Å². The van der Waals surface area contributed by atoms with Crippen molar-refractivity contribution in [2.45, 2.75) is 64.5 Å². The molecule has 0 saturated carbocycles. The smallest absolute Gasteiger partial charge is 0.406 e. The lowest BCUT2D eigenvalue weighted by molar-refractivity contribution is -0.147. The summed E-state index contributed by atoms with van der Waals surface area (Å²) in [5.74, 6) is -0.254. The molecule has 11 nitrogen and oxygen atoms in total. The Kier molecular flexibility index (Phi) is 7.30. The SMILES string of the molecule is CCC(CC)COC(=O)[C@H](C)NP1(=O)OC[C@H]2O[C@@H](n3ccc(=O)[nH]c3=O)C[C@@H]2O1. The molecule has 3 rings (SSSR count). The molecule has 0 radical (unpaired) electrons. The van der Waals surface area contributed by atoms with Gasteiger partial charge in [0.2, 0.25) is 0 Å². The van der Waals surface area contributed by atoms with Crippen molar-refractivity contribution >= 4 is 13.7 Å². The van der Waals surface area contributed by atoms with Crippen LogP contribution in [0.2, 0.25) is 0 Å². The second-order valence-corrected chi connectivity index (χ2v) is 9.20. The van der Waals surface area contributed by atoms with Gasteiger partial charge in [0.1, 0.15) is 24.5 Å². The van der Waals surface area contributed by atoms with Gasteiger partial charge in [-0.05, 0) is 12.8 Å². The number of ether oxygens (including phenoxy) is 2. The zero-order chi connectivity index (χ0) is 21.9. The van der Waals surface area contributed by atoms with Crippen molar-refractivity contribution in [2.24, 2.45) is 5.92 Å². The maximum Gasteiger partial charge on any atom is 0.406 e. The van der Waals surface area contributed by atoms with Crippen LogP contribution in [-0.2, 0) is 27.9 Å². The van der Waals surface area contributed by atoms with Crippen molar-refractivity contribution in [3.8, 4) is 0 Å². The van der Waals surface area contributed by atoms with Gasteiger partial charge < -0.3 is 9.47 Å². The number of hydrogen-bond acceptors (Lipinski definition) is 8. The highest BCUT2D eigenvalue weighted by atomic mass is 31.2. The number of hydrogen-bond donors (Lipinski definition) is 2. The van der Waals surface area contributed by atoms with E-state index in [0.29, 0.717) is 6.61 Å². The topological polar surface area (TPSA) is 138 Å². The molecule has 2 saturated heterocycles. The van der Waals surface area contributed by atoms with Crippen LogP contribution >= 0.6 is 7.75 Å². The zero-order valence-corrected chi connectivity index (χ0v) is 18.1. The predicted molar refractivity (Wildman–Crippen MR) is 106 cm³/mol. The Bertz CT molecular complexity index is 911. The van der Waals surface area contributed by atoms with E-state index in [2.05, 4.69) is 10.1 Å². The molecule has 2 fully saturated rings. The van der Waals surface area contributed by atoms with E-state index >= 15 is 0 Å². The van der Waals surface area contributed by atoms with Gasteiger partial charge in [-0.2, -0.15) is 0 Å². The van der Waals surface area contributed by atoms with Gasteiger partial charge in [-0.1, -0.05) is 26.7 Å². The summed E-state index contributed by atoms with van der Waals surface area (Å²) in [7, 11) is -3.77. The summed E-state index contributed by atoms with van der Waals surface area (Å²) in [6.45, 7) is 5.86. The van der Waals surface area contributed by atoms with Crippen LogP contribution in [0.3, 0.4) is 0 Å². The van der Waals surface area contributed by atoms with Gasteiger partial charge in [-0.15, -0.1) is 0 Å². The van der Waals surface area contributed by atoms with Crippen molar-refractivity contribution in [2.75, 3.05) is 13.2 Å². The largest absolute Gasteiger partial charge is 0.464 e. The third kappa shape index (κ3) is 5.28. The van der Waals surface area contributed by atoms with E-state index in [-0.39, 0.29) is 18.9 Å². The monoisotopic (exact) mass is 445 g/mol. The van der Waals surface area contributed by atoms with Crippen LogP contribution in [0.4, 0.5) is 0 Å². The Morgan fingerprint density at radius 1 is 1.37 bits per heavy atom. The fourth-order valence-corrected chi connectivity index (χ4v) is 5.07. The molecule has 1 aromatic heterocycles. The molecule has 0 aliphatic carbocycles. The summed E-state index contributed by atoms with van der Waals surface area (Å²) in [5.41, 5.74) is -1.12. The Balaban J connectivity index is 1.58. The molecule has 3 heterocycles. The standard InChI is InChI=1S/C18H28N3O8P/c1-4-12(5-2)9-26-17(23)11(3)20-30(25)27-10-14-13(29-30)8-16(28-14)21-7-6-15(22)19-18(21)24/h6-7,11-14,16H,4-5,8-10H2,1-3H3,(H,20,25)(H,19,22,24)/t11-,13-,14+,16+,30?/m0/s1. The minimum atomic E-state index is -3.77. The van der Waals surface area contributed by atoms with Gasteiger partial charge in [-0.3, -0.25) is 28.2 Å². The van der Waals surface area contributed by atoms with Crippen LogP contribution in [0.25, 0.3) is 0 Å². The minimum Gasteiger partial charge on any atom is -0.464 e. The molecule has 1 aromatic rings. The number of nitrogens with zero attached hydrogens (tertiary/aromatic N) is 1. The molecule has 0 bridgehead atoms. The van der Waals surface area contributed by atoms with Gasteiger partial charge in [-0.25, -0.2) is 14.4 Å². The Morgan fingerprint density at radius 3 is 2.77 bits per heavy atom. The number of nitrogens with one attached hydrogen (secondary N) is 2. The quantitative estimate of drug-likeness (QED) is 0.448. The van der Waals surface area contributed by atoms with Crippen LogP contribution in [0.1, 0.15) is 46.3 Å². The number of carbonyl (C=O) groups excluding carboxylic acids is 1. The maximum absolute atomic E-state index is 13.0. The van der Waals surface area contributed by atoms with Gasteiger partial charge in [0.25, 0.3) is 5.56 Å². The minimum absolute atomic E-state index is 0.0287. The fourth-order valence-electron chi connectivity index (χ4n) is 3.37. The zero-order valence-electron chi connectivity index (χ0n) is 17.2. The second-order valence-electron chi connectivity index (χ2n) is 7.48. The fraction of sp³-hybridized carbons (Fsp3) is 0.722. The van der Waals surface area contributed by atoms with Crippen molar-refractivity contribution in [1.82, 2.24) is 14.6 Å². The molecule has 12 heteroatoms. The third-order valence-electron chi connectivity index (χ3n) is 5.35. The first kappa shape index (κ1) is 22.9. The lowest BCUT2D eigenvalue weighted by atomic mass is 10.1. The molecular formula is C18H28N3O8P. The number of carbonyl (C=O) groups is 1. The van der Waals surface area contributed by atoms with Gasteiger partial charge in [0.15, 0.2) is 0 Å². The number of aromatic nitrogens is 2. The molecule has 0 spiro atoms. The maximum atomic E-state index is 13.0. The highest BCUT2D eigenvalue weighted by Gasteiger charge is 2.48. The number of fused-ring (bicyclic) bond motifs is 1. The number of H-pyrrole nitrogens is 1. The highest BCUT2D eigenvalue weighted by Crippen LogP contribution is 2.53. The number of esters is 1. The highest BCUT2D eigenvalue weighted by molar-refractivity contribution is 7.51. The van der Waals surface area contributed by atoms with Gasteiger partial charge in [0.05, 0.1) is 13.2 Å². The molecule has 2 aliphatic heterocycles. The number of rotatable bonds is 8. The van der Waals surface area contributed by atoms with E-state index in [0.717, 1.165) is 12.8 Å². The summed E-state index contributed by atoms with van der Waals surface area (Å²) in [6.07, 6.45) is 1.54. The van der Waals surface area contributed by atoms with Crippen LogP contribution in [0.5, 0.6) is 0 Å². The molecular weight excluding hydrogens is 417 g/mol. The molecule has 0 aromatic carbocycles. The summed E-state index contributed by atoms with van der Waals surface area (Å²) in [6, 6.07) is 0.326. The summed E-state index contributed by atoms with van der Waals surface area (Å²) in [5, 5.41) is 2.61. The second kappa shape index (κ2) is 9.57. The molecule has 168 valence electrons. The first-order chi connectivity index (χ1) is 14.2. The van der Waals surface area contributed by atoms with E-state index in [4.69, 9.17) is 18.5 Å². The van der Waals surface area contributed by atoms with E-state index in [1.54, 1.807) is 0 Å². The molecule has 0 amide bonds. The molecule has 5 atom stereocenters.